The number of rotatable bonds is 7. The lowest BCUT2D eigenvalue weighted by atomic mass is 9.98. The molecule has 2 aromatic carbocycles. The Morgan fingerprint density at radius 1 is 1.02 bits per heavy atom. The standard InChI is InChI=1S/C34H35Cl2N9/c1-21-27(9-6-12-38-21)33(30-20-45(43-42-30)26-10-13-44(14-11-26)34(2,3)4)41-25-16-28-31(40-24-8-5-7-23(35)15-24)22(18-37)19-39-32(28)29(36)17-25/h5-9,12,15-17,19-20,26,33,41H,10-11,13-14H2,1-4H3,(H,39,40)/t33-/m0/s1. The van der Waals surface area contributed by atoms with Gasteiger partial charge < -0.3 is 10.6 Å². The highest BCUT2D eigenvalue weighted by Gasteiger charge is 2.29. The molecule has 1 aliphatic rings. The summed E-state index contributed by atoms with van der Waals surface area (Å²) >= 11 is 13.1. The molecule has 0 aliphatic carbocycles. The van der Waals surface area contributed by atoms with Crippen LogP contribution >= 0.6 is 23.2 Å². The number of nitrogens with one attached hydrogen (secondary N) is 2. The Balaban J connectivity index is 1.37. The SMILES string of the molecule is Cc1ncccc1[C@H](Nc1cc(Cl)c2ncc(C#N)c(Nc3cccc(Cl)c3)c2c1)c1cn(C2CCN(C(C)(C)C)CC2)nn1. The zero-order valence-electron chi connectivity index (χ0n) is 25.7. The number of aryl methyl sites for hydroxylation is 1. The molecule has 0 saturated carbocycles. The van der Waals surface area contributed by atoms with Crippen LogP contribution in [0.5, 0.6) is 0 Å². The lowest BCUT2D eigenvalue weighted by molar-refractivity contribution is 0.0866. The quantitative estimate of drug-likeness (QED) is 0.184. The smallest absolute Gasteiger partial charge is 0.110 e. The summed E-state index contributed by atoms with van der Waals surface area (Å²) in [5.74, 6) is 0. The second kappa shape index (κ2) is 12.6. The van der Waals surface area contributed by atoms with E-state index in [-0.39, 0.29) is 17.6 Å². The number of benzene rings is 2. The number of aromatic nitrogens is 5. The molecule has 0 spiro atoms. The molecular weight excluding hydrogens is 605 g/mol. The van der Waals surface area contributed by atoms with E-state index in [9.17, 15) is 5.26 Å². The van der Waals surface area contributed by atoms with Crippen LogP contribution in [0.1, 0.15) is 68.2 Å². The first-order valence-corrected chi connectivity index (χ1v) is 15.8. The highest BCUT2D eigenvalue weighted by atomic mass is 35.5. The van der Waals surface area contributed by atoms with Gasteiger partial charge in [-0.05, 0) is 76.9 Å². The molecular formula is C34H35Cl2N9. The van der Waals surface area contributed by atoms with E-state index in [2.05, 4.69) is 62.7 Å². The van der Waals surface area contributed by atoms with Crippen LogP contribution in [0.25, 0.3) is 10.9 Å². The van der Waals surface area contributed by atoms with Crippen LogP contribution in [0.4, 0.5) is 17.1 Å². The highest BCUT2D eigenvalue weighted by molar-refractivity contribution is 6.36. The molecule has 0 unspecified atom stereocenters. The van der Waals surface area contributed by atoms with E-state index in [0.29, 0.717) is 32.2 Å². The molecule has 0 bridgehead atoms. The average molecular weight is 641 g/mol. The van der Waals surface area contributed by atoms with Gasteiger partial charge in [0.05, 0.1) is 40.1 Å². The van der Waals surface area contributed by atoms with Crippen molar-refractivity contribution in [1.29, 1.82) is 5.26 Å². The van der Waals surface area contributed by atoms with Crippen LogP contribution in [0.2, 0.25) is 10.0 Å². The summed E-state index contributed by atoms with van der Waals surface area (Å²) in [6.45, 7) is 10.8. The normalized spacial score (nSPS) is 15.1. The van der Waals surface area contributed by atoms with Crippen molar-refractivity contribution in [2.45, 2.75) is 58.2 Å². The molecule has 9 nitrogen and oxygen atoms in total. The van der Waals surface area contributed by atoms with E-state index in [4.69, 9.17) is 23.2 Å². The molecule has 1 aliphatic heterocycles. The largest absolute Gasteiger partial charge is 0.373 e. The minimum absolute atomic E-state index is 0.152. The first kappa shape index (κ1) is 30.8. The number of halogens is 2. The molecule has 1 fully saturated rings. The van der Waals surface area contributed by atoms with Crippen molar-refractivity contribution in [3.8, 4) is 6.07 Å². The molecule has 0 radical (unpaired) electrons. The number of pyridine rings is 2. The van der Waals surface area contributed by atoms with E-state index in [1.165, 1.54) is 6.20 Å². The molecule has 6 rings (SSSR count). The third-order valence-electron chi connectivity index (χ3n) is 8.42. The summed E-state index contributed by atoms with van der Waals surface area (Å²) in [5.41, 5.74) is 5.83. The zero-order valence-corrected chi connectivity index (χ0v) is 27.2. The van der Waals surface area contributed by atoms with Gasteiger partial charge in [0.1, 0.15) is 11.8 Å². The minimum atomic E-state index is -0.355. The third kappa shape index (κ3) is 6.59. The third-order valence-corrected chi connectivity index (χ3v) is 8.94. The Morgan fingerprint density at radius 2 is 1.82 bits per heavy atom. The van der Waals surface area contributed by atoms with Gasteiger partial charge in [-0.2, -0.15) is 5.26 Å². The fourth-order valence-electron chi connectivity index (χ4n) is 5.95. The fraction of sp³-hybridized carbons (Fsp3) is 0.324. The topological polar surface area (TPSA) is 108 Å². The molecule has 4 heterocycles. The molecule has 1 atom stereocenters. The maximum Gasteiger partial charge on any atom is 0.110 e. The van der Waals surface area contributed by atoms with Crippen molar-refractivity contribution in [3.05, 3.63) is 99.7 Å². The Bertz CT molecular complexity index is 1880. The molecule has 11 heteroatoms. The van der Waals surface area contributed by atoms with E-state index < -0.39 is 0 Å². The van der Waals surface area contributed by atoms with Gasteiger partial charge in [-0.3, -0.25) is 14.9 Å². The monoisotopic (exact) mass is 639 g/mol. The molecule has 2 N–H and O–H groups in total. The van der Waals surface area contributed by atoms with Gasteiger partial charge in [0, 0.05) is 64.1 Å². The first-order chi connectivity index (χ1) is 21.6. The summed E-state index contributed by atoms with van der Waals surface area (Å²) in [4.78, 5) is 11.6. The second-order valence-electron chi connectivity index (χ2n) is 12.4. The zero-order chi connectivity index (χ0) is 31.7. The average Bonchev–Trinajstić information content (AvgIpc) is 3.51. The Labute approximate surface area is 273 Å². The van der Waals surface area contributed by atoms with Gasteiger partial charge >= 0.3 is 0 Å². The van der Waals surface area contributed by atoms with Gasteiger partial charge in [0.25, 0.3) is 0 Å². The van der Waals surface area contributed by atoms with Gasteiger partial charge in [0.15, 0.2) is 0 Å². The van der Waals surface area contributed by atoms with Gasteiger partial charge in [-0.25, -0.2) is 4.68 Å². The summed E-state index contributed by atoms with van der Waals surface area (Å²) < 4.78 is 2.01. The maximum absolute atomic E-state index is 9.95. The molecule has 45 heavy (non-hydrogen) atoms. The van der Waals surface area contributed by atoms with E-state index >= 15 is 0 Å². The Kier molecular flexibility index (Phi) is 8.65. The number of hydrogen-bond donors (Lipinski definition) is 2. The van der Waals surface area contributed by atoms with Gasteiger partial charge in [0.2, 0.25) is 0 Å². The molecule has 3 aromatic heterocycles. The lowest BCUT2D eigenvalue weighted by Gasteiger charge is -2.40. The van der Waals surface area contributed by atoms with Crippen molar-refractivity contribution in [2.24, 2.45) is 0 Å². The number of likely N-dealkylation sites (tertiary alicyclic amines) is 1. The number of fused-ring (bicyclic) bond motifs is 1. The van der Waals surface area contributed by atoms with Crippen LogP contribution in [0.15, 0.2) is 67.1 Å². The summed E-state index contributed by atoms with van der Waals surface area (Å²) in [7, 11) is 0. The molecule has 0 amide bonds. The van der Waals surface area contributed by atoms with Gasteiger partial charge in [-0.1, -0.05) is 40.5 Å². The molecule has 5 aromatic rings. The number of nitriles is 1. The summed E-state index contributed by atoms with van der Waals surface area (Å²) in [5, 5.41) is 28.0. The molecule has 1 saturated heterocycles. The minimum Gasteiger partial charge on any atom is -0.373 e. The van der Waals surface area contributed by atoms with Gasteiger partial charge in [-0.15, -0.1) is 5.10 Å². The van der Waals surface area contributed by atoms with Crippen LogP contribution in [0, 0.1) is 18.3 Å². The highest BCUT2D eigenvalue weighted by Crippen LogP contribution is 2.37. The summed E-state index contributed by atoms with van der Waals surface area (Å²) in [6.07, 6.45) is 7.39. The summed E-state index contributed by atoms with van der Waals surface area (Å²) in [6, 6.07) is 17.3. The van der Waals surface area contributed by atoms with E-state index in [1.807, 2.05) is 54.2 Å². The number of nitrogens with zero attached hydrogens (tertiary/aromatic N) is 7. The first-order valence-electron chi connectivity index (χ1n) is 15.0. The van der Waals surface area contributed by atoms with Crippen LogP contribution in [-0.4, -0.2) is 48.5 Å². The maximum atomic E-state index is 9.95. The van der Waals surface area contributed by atoms with Crippen molar-refractivity contribution < 1.29 is 0 Å². The van der Waals surface area contributed by atoms with Crippen LogP contribution in [-0.2, 0) is 0 Å². The van der Waals surface area contributed by atoms with E-state index in [1.54, 1.807) is 18.3 Å². The van der Waals surface area contributed by atoms with Crippen LogP contribution in [0.3, 0.4) is 0 Å². The Morgan fingerprint density at radius 3 is 2.53 bits per heavy atom. The lowest BCUT2D eigenvalue weighted by Crippen LogP contribution is -2.46. The van der Waals surface area contributed by atoms with Crippen molar-refractivity contribution >= 4 is 51.2 Å². The predicted molar refractivity (Wildman–Crippen MR) is 180 cm³/mol. The van der Waals surface area contributed by atoms with Crippen molar-refractivity contribution in [1.82, 2.24) is 29.9 Å². The fourth-order valence-corrected chi connectivity index (χ4v) is 6.41. The predicted octanol–water partition coefficient (Wildman–Crippen LogP) is 8.09. The number of anilines is 3. The van der Waals surface area contributed by atoms with Crippen molar-refractivity contribution in [3.63, 3.8) is 0 Å². The number of hydrogen-bond acceptors (Lipinski definition) is 8. The molecule has 230 valence electrons. The number of piperidine rings is 1. The van der Waals surface area contributed by atoms with Crippen molar-refractivity contribution in [2.75, 3.05) is 23.7 Å². The van der Waals surface area contributed by atoms with E-state index in [0.717, 1.165) is 54.3 Å². The second-order valence-corrected chi connectivity index (χ2v) is 13.3. The Hall–Kier alpha value is -4.23. The van der Waals surface area contributed by atoms with Crippen LogP contribution < -0.4 is 10.6 Å².